The van der Waals surface area contributed by atoms with E-state index >= 15 is 0 Å². The number of anilines is 1. The second-order valence-corrected chi connectivity index (χ2v) is 7.63. The summed E-state index contributed by atoms with van der Waals surface area (Å²) in [6, 6.07) is 15.1. The van der Waals surface area contributed by atoms with E-state index in [0.717, 1.165) is 5.56 Å². The lowest BCUT2D eigenvalue weighted by Crippen LogP contribution is -2.86. The number of hydrogen-bond donors (Lipinski definition) is 2. The number of nitrogens with zero attached hydrogens (tertiary/aromatic N) is 2. The number of amides is 3. The van der Waals surface area contributed by atoms with Crippen LogP contribution in [0.5, 0.6) is 0 Å². The Morgan fingerprint density at radius 2 is 1.79 bits per heavy atom. The van der Waals surface area contributed by atoms with Crippen molar-refractivity contribution in [1.82, 2.24) is 9.80 Å². The Labute approximate surface area is 168 Å². The summed E-state index contributed by atoms with van der Waals surface area (Å²) in [4.78, 5) is 28.5. The van der Waals surface area contributed by atoms with Crippen LogP contribution in [0.1, 0.15) is 24.8 Å². The van der Waals surface area contributed by atoms with Crippen LogP contribution in [0, 0.1) is 5.82 Å². The Bertz CT molecular complexity index is 915. The molecule has 0 aliphatic carbocycles. The van der Waals surface area contributed by atoms with Crippen molar-refractivity contribution in [2.45, 2.75) is 30.8 Å². The van der Waals surface area contributed by atoms with E-state index in [9.17, 15) is 19.1 Å². The van der Waals surface area contributed by atoms with Crippen molar-refractivity contribution >= 4 is 17.6 Å². The molecule has 7 heteroatoms. The number of aliphatic hydroxyl groups excluding tert-OH is 1. The van der Waals surface area contributed by atoms with Gasteiger partial charge < -0.3 is 20.2 Å². The monoisotopic (exact) mass is 397 g/mol. The molecule has 2 heterocycles. The molecule has 0 radical (unpaired) electrons. The zero-order valence-electron chi connectivity index (χ0n) is 16.2. The van der Waals surface area contributed by atoms with Crippen LogP contribution in [0.3, 0.4) is 0 Å². The van der Waals surface area contributed by atoms with Crippen molar-refractivity contribution in [3.63, 3.8) is 0 Å². The number of carbonyl (C=O) groups excluding carboxylic acids is 2. The molecule has 2 atom stereocenters. The van der Waals surface area contributed by atoms with Gasteiger partial charge in [-0.3, -0.25) is 4.79 Å². The summed E-state index contributed by atoms with van der Waals surface area (Å²) >= 11 is 0. The van der Waals surface area contributed by atoms with Crippen molar-refractivity contribution in [3.8, 4) is 0 Å². The van der Waals surface area contributed by atoms with Crippen molar-refractivity contribution in [3.05, 3.63) is 66.0 Å². The standard InChI is InChI=1S/C22H24FN3O3/c1-2-19(28)26-18(12-27)20(15-8-4-3-5-9-15)22(26)13-25(14-22)21(29)24-17-11-7-6-10-16(17)23/h3-11,18,20,27H,2,12-14H2,1H3,(H,24,29)/t18-,20+/m0/s1. The molecule has 0 bridgehead atoms. The van der Waals surface area contributed by atoms with Gasteiger partial charge in [0.15, 0.2) is 0 Å². The van der Waals surface area contributed by atoms with Crippen LogP contribution >= 0.6 is 0 Å². The maximum Gasteiger partial charge on any atom is 0.322 e. The first-order chi connectivity index (χ1) is 14.0. The lowest BCUT2D eigenvalue weighted by atomic mass is 9.60. The Balaban J connectivity index is 1.55. The summed E-state index contributed by atoms with van der Waals surface area (Å²) in [6.07, 6.45) is 0.335. The number of carbonyl (C=O) groups is 2. The molecule has 3 amide bonds. The zero-order chi connectivity index (χ0) is 20.6. The van der Waals surface area contributed by atoms with Gasteiger partial charge in [0.2, 0.25) is 5.91 Å². The van der Waals surface area contributed by atoms with E-state index in [1.54, 1.807) is 28.9 Å². The van der Waals surface area contributed by atoms with Gasteiger partial charge >= 0.3 is 6.03 Å². The van der Waals surface area contributed by atoms with Gasteiger partial charge in [0.1, 0.15) is 5.82 Å². The molecule has 29 heavy (non-hydrogen) atoms. The number of benzene rings is 2. The van der Waals surface area contributed by atoms with Gasteiger partial charge in [-0.05, 0) is 17.7 Å². The van der Waals surface area contributed by atoms with Gasteiger partial charge in [-0.2, -0.15) is 0 Å². The van der Waals surface area contributed by atoms with Crippen LogP contribution in [-0.4, -0.2) is 58.1 Å². The summed E-state index contributed by atoms with van der Waals surface area (Å²) < 4.78 is 13.8. The van der Waals surface area contributed by atoms with Crippen molar-refractivity contribution in [2.24, 2.45) is 0 Å². The van der Waals surface area contributed by atoms with E-state index in [2.05, 4.69) is 5.32 Å². The van der Waals surface area contributed by atoms with E-state index in [0.29, 0.717) is 19.5 Å². The summed E-state index contributed by atoms with van der Waals surface area (Å²) in [7, 11) is 0. The highest BCUT2D eigenvalue weighted by Gasteiger charge is 2.67. The number of halogens is 1. The molecule has 2 aromatic rings. The van der Waals surface area contributed by atoms with E-state index in [-0.39, 0.29) is 30.2 Å². The summed E-state index contributed by atoms with van der Waals surface area (Å²) in [5.74, 6) is -0.586. The highest BCUT2D eigenvalue weighted by molar-refractivity contribution is 5.91. The summed E-state index contributed by atoms with van der Waals surface area (Å²) in [5, 5.41) is 12.6. The topological polar surface area (TPSA) is 72.9 Å². The molecule has 0 saturated carbocycles. The van der Waals surface area contributed by atoms with Gasteiger partial charge in [0.05, 0.1) is 23.9 Å². The first-order valence-corrected chi connectivity index (χ1v) is 9.80. The average Bonchev–Trinajstić information content (AvgIpc) is 2.69. The molecule has 2 saturated heterocycles. The Morgan fingerprint density at radius 1 is 1.14 bits per heavy atom. The first kappa shape index (κ1) is 19.4. The third-order valence-electron chi connectivity index (χ3n) is 6.02. The SMILES string of the molecule is CCC(=O)N1[C@@H](CO)[C@@H](c2ccccc2)C12CN(C(=O)Nc1ccccc1F)C2. The van der Waals surface area contributed by atoms with Crippen LogP contribution in [0.2, 0.25) is 0 Å². The van der Waals surface area contributed by atoms with Gasteiger partial charge in [-0.1, -0.05) is 49.4 Å². The van der Waals surface area contributed by atoms with E-state index in [4.69, 9.17) is 0 Å². The lowest BCUT2D eigenvalue weighted by Gasteiger charge is -2.70. The number of aliphatic hydroxyl groups is 1. The molecule has 1 spiro atoms. The van der Waals surface area contributed by atoms with Gasteiger partial charge in [-0.25, -0.2) is 9.18 Å². The molecule has 2 aliphatic rings. The van der Waals surface area contributed by atoms with E-state index in [1.807, 2.05) is 30.3 Å². The summed E-state index contributed by atoms with van der Waals surface area (Å²) in [6.45, 7) is 2.35. The number of urea groups is 1. The fourth-order valence-corrected chi connectivity index (χ4v) is 4.75. The maximum atomic E-state index is 13.8. The van der Waals surface area contributed by atoms with Crippen LogP contribution in [0.15, 0.2) is 54.6 Å². The Morgan fingerprint density at radius 3 is 2.41 bits per heavy atom. The van der Waals surface area contributed by atoms with Gasteiger partial charge in [0, 0.05) is 25.4 Å². The molecule has 2 aliphatic heterocycles. The van der Waals surface area contributed by atoms with Crippen LogP contribution < -0.4 is 5.32 Å². The minimum Gasteiger partial charge on any atom is -0.394 e. The molecule has 4 rings (SSSR count). The molecular formula is C22H24FN3O3. The molecule has 2 N–H and O–H groups in total. The molecule has 0 unspecified atom stereocenters. The smallest absolute Gasteiger partial charge is 0.322 e. The van der Waals surface area contributed by atoms with E-state index in [1.165, 1.54) is 12.1 Å². The molecule has 2 aromatic carbocycles. The van der Waals surface area contributed by atoms with Crippen molar-refractivity contribution in [2.75, 3.05) is 25.0 Å². The zero-order valence-corrected chi connectivity index (χ0v) is 16.2. The fraction of sp³-hybridized carbons (Fsp3) is 0.364. The normalized spacial score (nSPS) is 22.0. The van der Waals surface area contributed by atoms with E-state index < -0.39 is 17.4 Å². The Hall–Kier alpha value is -2.93. The number of hydrogen-bond acceptors (Lipinski definition) is 3. The second-order valence-electron chi connectivity index (χ2n) is 7.63. The maximum absolute atomic E-state index is 13.8. The number of nitrogens with one attached hydrogen (secondary N) is 1. The molecule has 2 fully saturated rings. The number of rotatable bonds is 4. The third-order valence-corrected chi connectivity index (χ3v) is 6.02. The Kier molecular flexibility index (Phi) is 5.00. The second kappa shape index (κ2) is 7.48. The molecular weight excluding hydrogens is 373 g/mol. The van der Waals surface area contributed by atoms with Gasteiger partial charge in [-0.15, -0.1) is 0 Å². The van der Waals surface area contributed by atoms with Crippen molar-refractivity contribution in [1.29, 1.82) is 0 Å². The predicted molar refractivity (Wildman–Crippen MR) is 107 cm³/mol. The van der Waals surface area contributed by atoms with Crippen LogP contribution in [0.25, 0.3) is 0 Å². The molecule has 152 valence electrons. The molecule has 0 aromatic heterocycles. The van der Waals surface area contributed by atoms with Crippen LogP contribution in [-0.2, 0) is 4.79 Å². The molecule has 6 nitrogen and oxygen atoms in total. The van der Waals surface area contributed by atoms with Crippen LogP contribution in [0.4, 0.5) is 14.9 Å². The average molecular weight is 397 g/mol. The van der Waals surface area contributed by atoms with Crippen molar-refractivity contribution < 1.29 is 19.1 Å². The number of likely N-dealkylation sites (tertiary alicyclic amines) is 2. The highest BCUT2D eigenvalue weighted by atomic mass is 19.1. The lowest BCUT2D eigenvalue weighted by molar-refractivity contribution is -0.192. The third kappa shape index (κ3) is 3.06. The van der Waals surface area contributed by atoms with Gasteiger partial charge in [0.25, 0.3) is 0 Å². The minimum absolute atomic E-state index is 0.0367. The fourth-order valence-electron chi connectivity index (χ4n) is 4.75. The first-order valence-electron chi connectivity index (χ1n) is 9.80. The quantitative estimate of drug-likeness (QED) is 0.833. The largest absolute Gasteiger partial charge is 0.394 e. The number of para-hydroxylation sites is 1. The summed E-state index contributed by atoms with van der Waals surface area (Å²) in [5.41, 5.74) is 0.635. The minimum atomic E-state index is -0.533. The predicted octanol–water partition coefficient (Wildman–Crippen LogP) is 2.81. The highest BCUT2D eigenvalue weighted by Crippen LogP contribution is 2.54.